The van der Waals surface area contributed by atoms with Crippen LogP contribution in [0.5, 0.6) is 0 Å². The van der Waals surface area contributed by atoms with E-state index in [-0.39, 0.29) is 17.3 Å². The molecule has 0 saturated heterocycles. The zero-order valence-electron chi connectivity index (χ0n) is 11.9. The summed E-state index contributed by atoms with van der Waals surface area (Å²) in [5.41, 5.74) is 6.61. The van der Waals surface area contributed by atoms with Gasteiger partial charge in [0, 0.05) is 14.1 Å². The first-order valence-electron chi connectivity index (χ1n) is 6.17. The molecule has 1 aromatic carbocycles. The van der Waals surface area contributed by atoms with Crippen LogP contribution in [0, 0.1) is 11.3 Å². The van der Waals surface area contributed by atoms with Gasteiger partial charge in [-0.2, -0.15) is 20.2 Å². The fourth-order valence-electron chi connectivity index (χ4n) is 1.62. The standard InChI is InChI=1S/C14H12Cl2N6/c1-22(2)14-20-12(19-13(18)21-14)9(7-17)5-8-3-4-10(15)11(16)6-8/h3-6H,1-2H3,(H2,18,19,20,21). The molecule has 0 atom stereocenters. The first-order valence-corrected chi connectivity index (χ1v) is 6.92. The largest absolute Gasteiger partial charge is 0.368 e. The molecule has 0 aliphatic heterocycles. The van der Waals surface area contributed by atoms with Gasteiger partial charge in [0.05, 0.1) is 15.6 Å². The fraction of sp³-hybridized carbons (Fsp3) is 0.143. The van der Waals surface area contributed by atoms with Crippen molar-refractivity contribution in [3.63, 3.8) is 0 Å². The van der Waals surface area contributed by atoms with Crippen molar-refractivity contribution in [2.75, 3.05) is 24.7 Å². The average Bonchev–Trinajstić information content (AvgIpc) is 2.47. The minimum absolute atomic E-state index is 0.0454. The molecule has 112 valence electrons. The predicted octanol–water partition coefficient (Wildman–Crippen LogP) is 2.89. The van der Waals surface area contributed by atoms with Crippen molar-refractivity contribution in [3.05, 3.63) is 39.6 Å². The molecule has 6 nitrogen and oxygen atoms in total. The minimum Gasteiger partial charge on any atom is -0.368 e. The van der Waals surface area contributed by atoms with Gasteiger partial charge in [0.2, 0.25) is 11.9 Å². The summed E-state index contributed by atoms with van der Waals surface area (Å²) in [6.45, 7) is 0. The lowest BCUT2D eigenvalue weighted by atomic mass is 10.1. The Morgan fingerprint density at radius 2 is 1.95 bits per heavy atom. The van der Waals surface area contributed by atoms with Crippen LogP contribution in [0.25, 0.3) is 11.6 Å². The minimum atomic E-state index is 0.0454. The van der Waals surface area contributed by atoms with E-state index in [1.54, 1.807) is 43.3 Å². The molecule has 2 aromatic rings. The quantitative estimate of drug-likeness (QED) is 0.867. The van der Waals surface area contributed by atoms with Crippen LogP contribution in [0.1, 0.15) is 11.4 Å². The zero-order valence-corrected chi connectivity index (χ0v) is 13.4. The molecule has 0 aliphatic carbocycles. The molecule has 0 radical (unpaired) electrons. The number of nitrogens with two attached hydrogens (primary N) is 1. The van der Waals surface area contributed by atoms with Gasteiger partial charge in [0.1, 0.15) is 6.07 Å². The summed E-state index contributed by atoms with van der Waals surface area (Å²) in [5, 5.41) is 10.2. The molecule has 0 bridgehead atoms. The summed E-state index contributed by atoms with van der Waals surface area (Å²) in [7, 11) is 3.54. The molecule has 8 heteroatoms. The molecule has 0 spiro atoms. The highest BCUT2D eigenvalue weighted by atomic mass is 35.5. The normalized spacial score (nSPS) is 11.1. The number of hydrogen-bond donors (Lipinski definition) is 1. The molecule has 0 aliphatic rings. The highest BCUT2D eigenvalue weighted by molar-refractivity contribution is 6.42. The number of nitrogens with zero attached hydrogens (tertiary/aromatic N) is 5. The van der Waals surface area contributed by atoms with Crippen molar-refractivity contribution >= 4 is 46.7 Å². The molecular formula is C14H12Cl2N6. The molecule has 22 heavy (non-hydrogen) atoms. The monoisotopic (exact) mass is 334 g/mol. The third-order valence-electron chi connectivity index (χ3n) is 2.66. The van der Waals surface area contributed by atoms with E-state index in [1.807, 2.05) is 0 Å². The van der Waals surface area contributed by atoms with Crippen LogP contribution < -0.4 is 10.6 Å². The van der Waals surface area contributed by atoms with Crippen molar-refractivity contribution in [2.45, 2.75) is 0 Å². The zero-order chi connectivity index (χ0) is 16.3. The molecule has 1 aromatic heterocycles. The summed E-state index contributed by atoms with van der Waals surface area (Å²) in [6, 6.07) is 7.09. The highest BCUT2D eigenvalue weighted by Gasteiger charge is 2.11. The topological polar surface area (TPSA) is 91.7 Å². The second-order valence-electron chi connectivity index (χ2n) is 4.56. The van der Waals surface area contributed by atoms with E-state index in [2.05, 4.69) is 21.0 Å². The Balaban J connectivity index is 2.50. The summed E-state index contributed by atoms with van der Waals surface area (Å²) >= 11 is 11.8. The van der Waals surface area contributed by atoms with Gasteiger partial charge < -0.3 is 10.6 Å². The maximum atomic E-state index is 9.35. The Hall–Kier alpha value is -2.36. The molecule has 1 heterocycles. The van der Waals surface area contributed by atoms with Crippen LogP contribution in [0.2, 0.25) is 10.0 Å². The van der Waals surface area contributed by atoms with Crippen LogP contribution in [0.15, 0.2) is 18.2 Å². The highest BCUT2D eigenvalue weighted by Crippen LogP contribution is 2.25. The molecule has 0 amide bonds. The average molecular weight is 335 g/mol. The lowest BCUT2D eigenvalue weighted by Crippen LogP contribution is -2.15. The molecule has 0 saturated carbocycles. The summed E-state index contributed by atoms with van der Waals surface area (Å²) in [6.07, 6.45) is 1.61. The Morgan fingerprint density at radius 1 is 1.23 bits per heavy atom. The van der Waals surface area contributed by atoms with Crippen molar-refractivity contribution in [1.29, 1.82) is 5.26 Å². The van der Waals surface area contributed by atoms with Gasteiger partial charge in [-0.15, -0.1) is 0 Å². The van der Waals surface area contributed by atoms with Gasteiger partial charge in [-0.1, -0.05) is 29.3 Å². The Bertz CT molecular complexity index is 779. The van der Waals surface area contributed by atoms with E-state index < -0.39 is 0 Å². The van der Waals surface area contributed by atoms with Crippen molar-refractivity contribution in [2.24, 2.45) is 0 Å². The maximum Gasteiger partial charge on any atom is 0.230 e. The summed E-state index contributed by atoms with van der Waals surface area (Å²) in [4.78, 5) is 13.9. The number of aromatic nitrogens is 3. The second kappa shape index (κ2) is 6.60. The smallest absolute Gasteiger partial charge is 0.230 e. The predicted molar refractivity (Wildman–Crippen MR) is 88.5 cm³/mol. The maximum absolute atomic E-state index is 9.35. The number of rotatable bonds is 3. The van der Waals surface area contributed by atoms with E-state index in [0.717, 1.165) is 0 Å². The number of hydrogen-bond acceptors (Lipinski definition) is 6. The van der Waals surface area contributed by atoms with E-state index >= 15 is 0 Å². The molecular weight excluding hydrogens is 323 g/mol. The number of nitriles is 1. The first kappa shape index (κ1) is 16.0. The Morgan fingerprint density at radius 3 is 2.55 bits per heavy atom. The van der Waals surface area contributed by atoms with Crippen LogP contribution in [0.3, 0.4) is 0 Å². The van der Waals surface area contributed by atoms with Crippen LogP contribution in [0.4, 0.5) is 11.9 Å². The second-order valence-corrected chi connectivity index (χ2v) is 5.37. The van der Waals surface area contributed by atoms with Crippen LogP contribution in [-0.2, 0) is 0 Å². The van der Waals surface area contributed by atoms with Crippen molar-refractivity contribution in [3.8, 4) is 6.07 Å². The van der Waals surface area contributed by atoms with Crippen molar-refractivity contribution in [1.82, 2.24) is 15.0 Å². The van der Waals surface area contributed by atoms with Gasteiger partial charge in [-0.3, -0.25) is 0 Å². The van der Waals surface area contributed by atoms with Gasteiger partial charge in [-0.25, -0.2) is 0 Å². The SMILES string of the molecule is CN(C)c1nc(N)nc(C(C#N)=Cc2ccc(Cl)c(Cl)c2)n1. The van der Waals surface area contributed by atoms with Crippen LogP contribution in [-0.4, -0.2) is 29.0 Å². The Kier molecular flexibility index (Phi) is 4.81. The van der Waals surface area contributed by atoms with E-state index in [1.165, 1.54) is 0 Å². The third kappa shape index (κ3) is 3.64. The number of allylic oxidation sites excluding steroid dienone is 1. The number of benzene rings is 1. The molecule has 0 fully saturated rings. The number of nitrogen functional groups attached to an aromatic ring is 1. The molecule has 2 rings (SSSR count). The van der Waals surface area contributed by atoms with Gasteiger partial charge in [0.15, 0.2) is 5.82 Å². The van der Waals surface area contributed by atoms with Gasteiger partial charge >= 0.3 is 0 Å². The first-order chi connectivity index (χ1) is 10.4. The fourth-order valence-corrected chi connectivity index (χ4v) is 1.92. The lowest BCUT2D eigenvalue weighted by molar-refractivity contribution is 0.952. The van der Waals surface area contributed by atoms with Gasteiger partial charge in [0.25, 0.3) is 0 Å². The Labute approximate surface area is 137 Å². The third-order valence-corrected chi connectivity index (χ3v) is 3.40. The van der Waals surface area contributed by atoms with E-state index in [0.29, 0.717) is 21.6 Å². The lowest BCUT2D eigenvalue weighted by Gasteiger charge is -2.11. The van der Waals surface area contributed by atoms with Gasteiger partial charge in [-0.05, 0) is 23.8 Å². The van der Waals surface area contributed by atoms with E-state index in [9.17, 15) is 5.26 Å². The van der Waals surface area contributed by atoms with Crippen molar-refractivity contribution < 1.29 is 0 Å². The van der Waals surface area contributed by atoms with Crippen LogP contribution >= 0.6 is 23.2 Å². The summed E-state index contributed by atoms with van der Waals surface area (Å²) < 4.78 is 0. The number of halogens is 2. The number of anilines is 2. The molecule has 2 N–H and O–H groups in total. The van der Waals surface area contributed by atoms with E-state index in [4.69, 9.17) is 28.9 Å². The molecule has 0 unspecified atom stereocenters. The summed E-state index contributed by atoms with van der Waals surface area (Å²) in [5.74, 6) is 0.617.